The predicted molar refractivity (Wildman–Crippen MR) is 68.2 cm³/mol. The maximum atomic E-state index is 11.1. The molecule has 0 atom stereocenters. The number of ether oxygens (including phenoxy) is 1. The summed E-state index contributed by atoms with van der Waals surface area (Å²) in [7, 11) is 1.64. The fraction of sp³-hybridized carbons (Fsp3) is 0.556. The van der Waals surface area contributed by atoms with Gasteiger partial charge in [0.15, 0.2) is 6.73 Å². The normalized spacial score (nSPS) is 9.84. The minimum Gasteiger partial charge on any atom is -0.460 e. The molecule has 2 N–H and O–H groups in total. The van der Waals surface area contributed by atoms with Gasteiger partial charge in [0.25, 0.3) is 0 Å². The Morgan fingerprint density at radius 2 is 2.05 bits per heavy atom. The molecule has 0 aromatic rings. The first-order chi connectivity index (χ1) is 9.13. The first kappa shape index (κ1) is 16.3. The van der Waals surface area contributed by atoms with Gasteiger partial charge in [-0.1, -0.05) is 10.2 Å². The van der Waals surface area contributed by atoms with E-state index in [1.54, 1.807) is 7.05 Å². The molecule has 0 saturated carbocycles. The SMILES string of the molecule is CN/C(=C\C(=N)CCC(=O)OCN=[N+]=[N-])CN=[N+]=[N-]. The number of likely N-dealkylation sites (N-methyl/N-ethyl adjacent to an activating group) is 1. The summed E-state index contributed by atoms with van der Waals surface area (Å²) in [6.45, 7) is -0.242. The number of hydrogen-bond acceptors (Lipinski definition) is 6. The van der Waals surface area contributed by atoms with Crippen LogP contribution in [0.5, 0.6) is 0 Å². The molecule has 0 spiro atoms. The van der Waals surface area contributed by atoms with Gasteiger partial charge in [-0.25, -0.2) is 0 Å². The van der Waals surface area contributed by atoms with Gasteiger partial charge in [-0.2, -0.15) is 0 Å². The van der Waals surface area contributed by atoms with Crippen molar-refractivity contribution in [3.8, 4) is 0 Å². The Hall–Kier alpha value is -2.70. The summed E-state index contributed by atoms with van der Waals surface area (Å²) in [4.78, 5) is 16.2. The van der Waals surface area contributed by atoms with Crippen molar-refractivity contribution in [1.82, 2.24) is 5.32 Å². The Morgan fingerprint density at radius 1 is 1.37 bits per heavy atom. The zero-order valence-corrected chi connectivity index (χ0v) is 10.4. The standard InChI is InChI=1S/C9H14N8O2/c1-13-8(5-14-16-11)4-7(10)2-3-9(18)19-6-15-17-12/h4,10,13H,2-3,5-6H2,1H3/b8-4-,10-7?. The van der Waals surface area contributed by atoms with Crippen molar-refractivity contribution in [2.75, 3.05) is 20.3 Å². The smallest absolute Gasteiger partial charge is 0.306 e. The van der Waals surface area contributed by atoms with Crippen LogP contribution in [0.25, 0.3) is 20.9 Å². The zero-order chi connectivity index (χ0) is 14.5. The molecule has 102 valence electrons. The molecular formula is C9H14N8O2. The molecule has 0 saturated heterocycles. The molecule has 0 bridgehead atoms. The third-order valence-electron chi connectivity index (χ3n) is 1.92. The monoisotopic (exact) mass is 266 g/mol. The lowest BCUT2D eigenvalue weighted by Crippen LogP contribution is -2.12. The molecule has 0 aliphatic rings. The first-order valence-corrected chi connectivity index (χ1v) is 5.27. The highest BCUT2D eigenvalue weighted by Crippen LogP contribution is 1.99. The van der Waals surface area contributed by atoms with Crippen LogP contribution in [0, 0.1) is 5.41 Å². The van der Waals surface area contributed by atoms with Gasteiger partial charge in [0.2, 0.25) is 0 Å². The summed E-state index contributed by atoms with van der Waals surface area (Å²) in [5.41, 5.74) is 16.9. The Morgan fingerprint density at radius 3 is 2.63 bits per heavy atom. The van der Waals surface area contributed by atoms with Crippen LogP contribution in [-0.2, 0) is 9.53 Å². The van der Waals surface area contributed by atoms with Crippen LogP contribution in [0.2, 0.25) is 0 Å². The average Bonchev–Trinajstić information content (AvgIpc) is 2.41. The van der Waals surface area contributed by atoms with E-state index in [1.807, 2.05) is 0 Å². The van der Waals surface area contributed by atoms with Gasteiger partial charge < -0.3 is 15.5 Å². The molecule has 0 aliphatic heterocycles. The highest BCUT2D eigenvalue weighted by molar-refractivity contribution is 5.94. The van der Waals surface area contributed by atoms with Crippen molar-refractivity contribution in [2.24, 2.45) is 10.2 Å². The van der Waals surface area contributed by atoms with Crippen LogP contribution in [0.15, 0.2) is 22.0 Å². The minimum atomic E-state index is -0.549. The van der Waals surface area contributed by atoms with E-state index in [1.165, 1.54) is 6.08 Å². The summed E-state index contributed by atoms with van der Waals surface area (Å²) in [5.74, 6) is -0.549. The molecule has 0 unspecified atom stereocenters. The highest BCUT2D eigenvalue weighted by atomic mass is 16.5. The van der Waals surface area contributed by atoms with Crippen LogP contribution >= 0.6 is 0 Å². The van der Waals surface area contributed by atoms with E-state index >= 15 is 0 Å². The van der Waals surface area contributed by atoms with Gasteiger partial charge in [-0.15, -0.1) is 0 Å². The van der Waals surface area contributed by atoms with Gasteiger partial charge in [-0.3, -0.25) is 4.79 Å². The lowest BCUT2D eigenvalue weighted by molar-refractivity contribution is -0.143. The van der Waals surface area contributed by atoms with Crippen LogP contribution in [-0.4, -0.2) is 32.0 Å². The molecule has 0 amide bonds. The maximum Gasteiger partial charge on any atom is 0.306 e. The molecule has 0 aliphatic carbocycles. The van der Waals surface area contributed by atoms with Crippen molar-refractivity contribution >= 4 is 11.7 Å². The fourth-order valence-electron chi connectivity index (χ4n) is 1.02. The number of nitrogens with one attached hydrogen (secondary N) is 2. The Labute approximate surface area is 109 Å². The summed E-state index contributed by atoms with van der Waals surface area (Å²) < 4.78 is 4.57. The topological polar surface area (TPSA) is 160 Å². The average molecular weight is 266 g/mol. The summed E-state index contributed by atoms with van der Waals surface area (Å²) in [6, 6.07) is 0. The van der Waals surface area contributed by atoms with E-state index in [0.29, 0.717) is 5.70 Å². The number of esters is 1. The Bertz CT molecular complexity index is 445. The molecule has 10 nitrogen and oxygen atoms in total. The second kappa shape index (κ2) is 10.5. The van der Waals surface area contributed by atoms with Crippen molar-refractivity contribution in [2.45, 2.75) is 12.8 Å². The molecule has 0 aromatic carbocycles. The second-order valence-electron chi connectivity index (χ2n) is 3.21. The van der Waals surface area contributed by atoms with Crippen molar-refractivity contribution in [1.29, 1.82) is 5.41 Å². The molecule has 0 rings (SSSR count). The van der Waals surface area contributed by atoms with E-state index in [-0.39, 0.29) is 31.8 Å². The largest absolute Gasteiger partial charge is 0.460 e. The van der Waals surface area contributed by atoms with Gasteiger partial charge in [0, 0.05) is 28.3 Å². The predicted octanol–water partition coefficient (Wildman–Crippen LogP) is 2.01. The van der Waals surface area contributed by atoms with Gasteiger partial charge in [0.05, 0.1) is 13.0 Å². The maximum absolute atomic E-state index is 11.1. The minimum absolute atomic E-state index is 0.00872. The number of nitrogens with zero attached hydrogens (tertiary/aromatic N) is 6. The number of carbonyl (C=O) groups excluding carboxylic acids is 1. The fourth-order valence-corrected chi connectivity index (χ4v) is 1.02. The summed E-state index contributed by atoms with van der Waals surface area (Å²) >= 11 is 0. The van der Waals surface area contributed by atoms with E-state index in [9.17, 15) is 4.79 Å². The summed E-state index contributed by atoms with van der Waals surface area (Å²) in [5, 5.41) is 16.8. The van der Waals surface area contributed by atoms with E-state index in [0.717, 1.165) is 0 Å². The van der Waals surface area contributed by atoms with Crippen molar-refractivity contribution in [3.63, 3.8) is 0 Å². The zero-order valence-electron chi connectivity index (χ0n) is 10.4. The van der Waals surface area contributed by atoms with Crippen molar-refractivity contribution < 1.29 is 9.53 Å². The van der Waals surface area contributed by atoms with Crippen molar-refractivity contribution in [3.05, 3.63) is 32.7 Å². The van der Waals surface area contributed by atoms with Crippen LogP contribution in [0.4, 0.5) is 0 Å². The van der Waals surface area contributed by atoms with Gasteiger partial charge >= 0.3 is 5.97 Å². The molecule has 0 aromatic heterocycles. The van der Waals surface area contributed by atoms with E-state index in [4.69, 9.17) is 16.5 Å². The second-order valence-corrected chi connectivity index (χ2v) is 3.21. The Balaban J connectivity index is 4.15. The molecule has 0 fully saturated rings. The molecular weight excluding hydrogens is 252 g/mol. The number of allylic oxidation sites excluding steroid dienone is 1. The van der Waals surface area contributed by atoms with Crippen LogP contribution < -0.4 is 5.32 Å². The third-order valence-corrected chi connectivity index (χ3v) is 1.92. The van der Waals surface area contributed by atoms with Crippen LogP contribution in [0.1, 0.15) is 12.8 Å². The summed E-state index contributed by atoms with van der Waals surface area (Å²) in [6.07, 6.45) is 1.67. The highest BCUT2D eigenvalue weighted by Gasteiger charge is 2.04. The molecule has 19 heavy (non-hydrogen) atoms. The molecule has 0 heterocycles. The number of azide groups is 2. The Kier molecular flexibility index (Phi) is 8.97. The van der Waals surface area contributed by atoms with Gasteiger partial charge in [0.1, 0.15) is 0 Å². The van der Waals surface area contributed by atoms with Crippen LogP contribution in [0.3, 0.4) is 0 Å². The lowest BCUT2D eigenvalue weighted by Gasteiger charge is -2.04. The molecule has 10 heteroatoms. The van der Waals surface area contributed by atoms with E-state index in [2.05, 4.69) is 30.1 Å². The van der Waals surface area contributed by atoms with E-state index < -0.39 is 5.97 Å². The number of carbonyl (C=O) groups is 1. The first-order valence-electron chi connectivity index (χ1n) is 5.27. The molecule has 0 radical (unpaired) electrons. The van der Waals surface area contributed by atoms with Gasteiger partial charge in [-0.05, 0) is 23.6 Å². The third kappa shape index (κ3) is 9.04. The number of hydrogen-bond donors (Lipinski definition) is 2. The number of rotatable bonds is 9. The quantitative estimate of drug-likeness (QED) is 0.215. The lowest BCUT2D eigenvalue weighted by atomic mass is 10.2.